The van der Waals surface area contributed by atoms with Crippen LogP contribution >= 0.6 is 11.3 Å². The van der Waals surface area contributed by atoms with E-state index in [-0.39, 0.29) is 11.9 Å². The number of carbonyl (C=O) groups is 2. The van der Waals surface area contributed by atoms with Crippen LogP contribution in [0.5, 0.6) is 0 Å². The number of nitrogens with zero attached hydrogens (tertiary/aromatic N) is 3. The second-order valence-corrected chi connectivity index (χ2v) is 8.41. The number of hydrogen-bond donors (Lipinski definition) is 1. The minimum Gasteiger partial charge on any atom is -0.314 e. The molecule has 1 fully saturated rings. The Balaban J connectivity index is 1.48. The lowest BCUT2D eigenvalue weighted by Gasteiger charge is -2.21. The van der Waals surface area contributed by atoms with Gasteiger partial charge in [-0.15, -0.1) is 11.3 Å². The molecule has 0 spiro atoms. The van der Waals surface area contributed by atoms with E-state index in [1.165, 1.54) is 4.90 Å². The molecule has 2 atom stereocenters. The molecule has 6 nitrogen and oxygen atoms in total. The number of aromatic nitrogens is 1. The second kappa shape index (κ2) is 7.33. The molecule has 144 valence electrons. The smallest absolute Gasteiger partial charge is 0.314 e. The topological polar surface area (TPSA) is 58.0 Å². The molecule has 1 aliphatic heterocycles. The molecule has 1 aliphatic rings. The first-order chi connectivity index (χ1) is 13.4. The quantitative estimate of drug-likeness (QED) is 0.675. The van der Waals surface area contributed by atoms with Gasteiger partial charge in [0.2, 0.25) is 0 Å². The van der Waals surface area contributed by atoms with Crippen molar-refractivity contribution in [2.24, 2.45) is 0 Å². The second-order valence-electron chi connectivity index (χ2n) is 7.30. The summed E-state index contributed by atoms with van der Waals surface area (Å²) in [7, 11) is 1.98. The molecule has 2 aromatic carbocycles. The number of aryl methyl sites for hydroxylation is 1. The number of para-hydroxylation sites is 1. The maximum Gasteiger partial charge on any atom is 0.336 e. The van der Waals surface area contributed by atoms with Gasteiger partial charge in [-0.1, -0.05) is 29.8 Å². The summed E-state index contributed by atoms with van der Waals surface area (Å²) < 4.78 is 1.15. The van der Waals surface area contributed by atoms with Crippen molar-refractivity contribution >= 4 is 39.2 Å². The Labute approximate surface area is 168 Å². The monoisotopic (exact) mass is 395 g/mol. The van der Waals surface area contributed by atoms with Gasteiger partial charge in [0.25, 0.3) is 5.91 Å². The van der Waals surface area contributed by atoms with Crippen LogP contribution in [0.15, 0.2) is 48.5 Å². The van der Waals surface area contributed by atoms with Crippen molar-refractivity contribution < 1.29 is 14.5 Å². The molecule has 2 heterocycles. The largest absolute Gasteiger partial charge is 0.336 e. The maximum absolute atomic E-state index is 12.9. The predicted molar refractivity (Wildman–Crippen MR) is 110 cm³/mol. The third-order valence-electron chi connectivity index (χ3n) is 4.98. The van der Waals surface area contributed by atoms with E-state index < -0.39 is 6.04 Å². The Kier molecular flexibility index (Phi) is 4.87. The molecule has 0 bridgehead atoms. The first-order valence-electron chi connectivity index (χ1n) is 9.31. The molecule has 1 N–H and O–H groups in total. The summed E-state index contributed by atoms with van der Waals surface area (Å²) in [5.74, 6) is -0.158. The number of nitrogens with one attached hydrogen (secondary N) is 1. The van der Waals surface area contributed by atoms with E-state index in [0.29, 0.717) is 13.2 Å². The van der Waals surface area contributed by atoms with Gasteiger partial charge in [-0.2, -0.15) is 0 Å². The van der Waals surface area contributed by atoms with Crippen molar-refractivity contribution in [3.05, 3.63) is 59.1 Å². The Morgan fingerprint density at radius 3 is 2.54 bits per heavy atom. The molecular weight excluding hydrogens is 372 g/mol. The van der Waals surface area contributed by atoms with Crippen molar-refractivity contribution in [3.63, 3.8) is 0 Å². The lowest BCUT2D eigenvalue weighted by molar-refractivity contribution is -0.901. The standard InChI is InChI=1S/C21H22N4O2S/c1-14-8-10-16(11-9-14)25-15(2)20(26)24(21(25)27)13-23(3)12-19-22-17-6-4-5-7-18(17)28-19/h4-11,15H,12-13H2,1-3H3/p+1/t15-/m0/s1. The van der Waals surface area contributed by atoms with E-state index in [0.717, 1.165) is 31.4 Å². The molecule has 4 rings (SSSR count). The lowest BCUT2D eigenvalue weighted by Crippen LogP contribution is -3.09. The number of amides is 3. The third kappa shape index (κ3) is 3.39. The summed E-state index contributed by atoms with van der Waals surface area (Å²) >= 11 is 1.65. The van der Waals surface area contributed by atoms with Crippen molar-refractivity contribution in [3.8, 4) is 0 Å². The zero-order chi connectivity index (χ0) is 19.8. The van der Waals surface area contributed by atoms with Crippen molar-refractivity contribution in [1.82, 2.24) is 9.88 Å². The van der Waals surface area contributed by atoms with E-state index in [2.05, 4.69) is 11.1 Å². The number of benzene rings is 2. The average Bonchev–Trinajstić information content (AvgIpc) is 3.17. The molecule has 0 saturated carbocycles. The highest BCUT2D eigenvalue weighted by atomic mass is 32.1. The van der Waals surface area contributed by atoms with Crippen LogP contribution in [-0.2, 0) is 11.3 Å². The number of quaternary nitrogens is 1. The zero-order valence-corrected chi connectivity index (χ0v) is 17.0. The van der Waals surface area contributed by atoms with Gasteiger partial charge in [0.05, 0.1) is 17.3 Å². The lowest BCUT2D eigenvalue weighted by atomic mass is 10.2. The fourth-order valence-electron chi connectivity index (χ4n) is 3.49. The minimum atomic E-state index is -0.495. The SMILES string of the molecule is Cc1ccc(N2C(=O)N(C[NH+](C)Cc3nc4ccccc4s3)C(=O)[C@@H]2C)cc1. The molecule has 0 radical (unpaired) electrons. The molecule has 1 unspecified atom stereocenters. The average molecular weight is 396 g/mol. The van der Waals surface area contributed by atoms with Crippen LogP contribution in [0.3, 0.4) is 0 Å². The molecule has 3 amide bonds. The highest BCUT2D eigenvalue weighted by Crippen LogP contribution is 2.25. The maximum atomic E-state index is 12.9. The van der Waals surface area contributed by atoms with E-state index in [1.807, 2.05) is 56.4 Å². The van der Waals surface area contributed by atoms with Gasteiger partial charge in [-0.05, 0) is 38.1 Å². The molecule has 28 heavy (non-hydrogen) atoms. The Morgan fingerprint density at radius 2 is 1.82 bits per heavy atom. The highest BCUT2D eigenvalue weighted by Gasteiger charge is 2.44. The molecular formula is C21H23N4O2S+. The number of fused-ring (bicyclic) bond motifs is 1. The van der Waals surface area contributed by atoms with Crippen LogP contribution in [0.2, 0.25) is 0 Å². The van der Waals surface area contributed by atoms with Crippen LogP contribution in [0.25, 0.3) is 10.2 Å². The number of rotatable bonds is 5. The van der Waals surface area contributed by atoms with Gasteiger partial charge in [0.15, 0.2) is 6.67 Å². The van der Waals surface area contributed by atoms with Crippen molar-refractivity contribution in [2.45, 2.75) is 26.4 Å². The third-order valence-corrected chi connectivity index (χ3v) is 6.02. The molecule has 1 aromatic heterocycles. The van der Waals surface area contributed by atoms with E-state index in [9.17, 15) is 9.59 Å². The minimum absolute atomic E-state index is 0.158. The van der Waals surface area contributed by atoms with Gasteiger partial charge in [-0.3, -0.25) is 9.69 Å². The summed E-state index contributed by atoms with van der Waals surface area (Å²) in [5.41, 5.74) is 2.86. The number of thiazole rings is 1. The number of carbonyl (C=O) groups excluding carboxylic acids is 2. The van der Waals surface area contributed by atoms with Gasteiger partial charge >= 0.3 is 6.03 Å². The number of anilines is 1. The highest BCUT2D eigenvalue weighted by molar-refractivity contribution is 7.18. The van der Waals surface area contributed by atoms with Crippen molar-refractivity contribution in [2.75, 3.05) is 18.6 Å². The van der Waals surface area contributed by atoms with Crippen LogP contribution < -0.4 is 9.80 Å². The van der Waals surface area contributed by atoms with Crippen LogP contribution in [0.1, 0.15) is 17.5 Å². The van der Waals surface area contributed by atoms with Crippen LogP contribution in [0, 0.1) is 6.92 Å². The Hall–Kier alpha value is -2.77. The first-order valence-corrected chi connectivity index (χ1v) is 10.1. The Bertz CT molecular complexity index is 997. The summed E-state index contributed by atoms with van der Waals surface area (Å²) in [6, 6.07) is 15.0. The molecule has 1 saturated heterocycles. The van der Waals surface area contributed by atoms with Gasteiger partial charge in [0, 0.05) is 5.69 Å². The summed E-state index contributed by atoms with van der Waals surface area (Å²) in [5, 5.41) is 1.00. The van der Waals surface area contributed by atoms with Gasteiger partial charge in [0.1, 0.15) is 17.6 Å². The number of hydrogen-bond acceptors (Lipinski definition) is 4. The fourth-order valence-corrected chi connectivity index (χ4v) is 4.57. The summed E-state index contributed by atoms with van der Waals surface area (Å²) in [6.07, 6.45) is 0. The molecule has 7 heteroatoms. The predicted octanol–water partition coefficient (Wildman–Crippen LogP) is 2.43. The molecule has 3 aromatic rings. The fraction of sp³-hybridized carbons (Fsp3) is 0.286. The summed E-state index contributed by atoms with van der Waals surface area (Å²) in [4.78, 5) is 34.3. The van der Waals surface area contributed by atoms with E-state index >= 15 is 0 Å². The zero-order valence-electron chi connectivity index (χ0n) is 16.2. The number of urea groups is 1. The van der Waals surface area contributed by atoms with Crippen LogP contribution in [0.4, 0.5) is 10.5 Å². The number of imide groups is 1. The van der Waals surface area contributed by atoms with Crippen molar-refractivity contribution in [1.29, 1.82) is 0 Å². The first kappa shape index (κ1) is 18.6. The van der Waals surface area contributed by atoms with E-state index in [1.54, 1.807) is 23.2 Å². The van der Waals surface area contributed by atoms with E-state index in [4.69, 9.17) is 0 Å². The van der Waals surface area contributed by atoms with Gasteiger partial charge < -0.3 is 4.90 Å². The van der Waals surface area contributed by atoms with Crippen LogP contribution in [-0.4, -0.2) is 41.6 Å². The van der Waals surface area contributed by atoms with Gasteiger partial charge in [-0.25, -0.2) is 14.7 Å². The Morgan fingerprint density at radius 1 is 1.11 bits per heavy atom. The molecule has 0 aliphatic carbocycles. The normalized spacial score (nSPS) is 18.3. The summed E-state index contributed by atoms with van der Waals surface area (Å²) in [6.45, 7) is 4.76.